The number of amides is 2. The average molecular weight is 384 g/mol. The summed E-state index contributed by atoms with van der Waals surface area (Å²) in [5.41, 5.74) is 1.44. The Morgan fingerprint density at radius 1 is 0.857 bits per heavy atom. The van der Waals surface area contributed by atoms with Crippen LogP contribution >= 0.6 is 0 Å². The highest BCUT2D eigenvalue weighted by atomic mass is 16.6. The fourth-order valence-electron chi connectivity index (χ4n) is 3.02. The van der Waals surface area contributed by atoms with Crippen molar-refractivity contribution in [2.75, 3.05) is 40.4 Å². The summed E-state index contributed by atoms with van der Waals surface area (Å²) in [6.07, 6.45) is -0.362. The number of methoxy groups -OCH3 is 2. The zero-order valence-corrected chi connectivity index (χ0v) is 16.1. The van der Waals surface area contributed by atoms with Crippen LogP contribution in [0.3, 0.4) is 0 Å². The van der Waals surface area contributed by atoms with Crippen molar-refractivity contribution in [2.45, 2.75) is 6.61 Å². The van der Waals surface area contributed by atoms with Crippen molar-refractivity contribution in [3.05, 3.63) is 59.7 Å². The molecule has 2 amide bonds. The summed E-state index contributed by atoms with van der Waals surface area (Å²) in [5.74, 6) is 1.01. The molecule has 0 bridgehead atoms. The van der Waals surface area contributed by atoms with Crippen molar-refractivity contribution in [2.24, 2.45) is 0 Å². The maximum Gasteiger partial charge on any atom is 0.410 e. The van der Waals surface area contributed by atoms with Gasteiger partial charge in [0.1, 0.15) is 18.1 Å². The molecule has 2 aromatic rings. The quantitative estimate of drug-likeness (QED) is 0.793. The third-order valence-electron chi connectivity index (χ3n) is 4.63. The molecule has 1 saturated heterocycles. The van der Waals surface area contributed by atoms with Gasteiger partial charge in [0.25, 0.3) is 5.91 Å². The van der Waals surface area contributed by atoms with Gasteiger partial charge in [-0.25, -0.2) is 4.79 Å². The van der Waals surface area contributed by atoms with Crippen molar-refractivity contribution >= 4 is 12.0 Å². The van der Waals surface area contributed by atoms with Gasteiger partial charge in [0.2, 0.25) is 0 Å². The van der Waals surface area contributed by atoms with Gasteiger partial charge >= 0.3 is 6.09 Å². The first-order chi connectivity index (χ1) is 13.6. The Hall–Kier alpha value is -3.22. The van der Waals surface area contributed by atoms with Crippen molar-refractivity contribution in [1.29, 1.82) is 0 Å². The van der Waals surface area contributed by atoms with Crippen molar-refractivity contribution in [3.8, 4) is 11.5 Å². The Bertz CT molecular complexity index is 795. The largest absolute Gasteiger partial charge is 0.497 e. The SMILES string of the molecule is COc1cc(OC)cc(C(=O)N2CCN(C(=O)OCc3ccccc3)CC2)c1. The van der Waals surface area contributed by atoms with E-state index in [4.69, 9.17) is 14.2 Å². The summed E-state index contributed by atoms with van der Waals surface area (Å²) in [4.78, 5) is 28.4. The van der Waals surface area contributed by atoms with E-state index in [-0.39, 0.29) is 18.6 Å². The highest BCUT2D eigenvalue weighted by Crippen LogP contribution is 2.24. The lowest BCUT2D eigenvalue weighted by Crippen LogP contribution is -2.50. The van der Waals surface area contributed by atoms with Crippen molar-refractivity contribution in [1.82, 2.24) is 9.80 Å². The Labute approximate surface area is 164 Å². The lowest BCUT2D eigenvalue weighted by atomic mass is 10.1. The molecule has 1 fully saturated rings. The van der Waals surface area contributed by atoms with Crippen LogP contribution in [0.25, 0.3) is 0 Å². The molecule has 2 aromatic carbocycles. The zero-order valence-electron chi connectivity index (χ0n) is 16.1. The first kappa shape index (κ1) is 19.5. The normalized spacial score (nSPS) is 13.8. The minimum atomic E-state index is -0.362. The highest BCUT2D eigenvalue weighted by Gasteiger charge is 2.26. The number of ether oxygens (including phenoxy) is 3. The van der Waals surface area contributed by atoms with Gasteiger partial charge < -0.3 is 24.0 Å². The molecular formula is C21H24N2O5. The summed E-state index contributed by atoms with van der Waals surface area (Å²) in [5, 5.41) is 0. The van der Waals surface area contributed by atoms with Gasteiger partial charge in [-0.3, -0.25) is 4.79 Å². The Morgan fingerprint density at radius 3 is 2.00 bits per heavy atom. The Morgan fingerprint density at radius 2 is 1.43 bits per heavy atom. The fourth-order valence-corrected chi connectivity index (χ4v) is 3.02. The van der Waals surface area contributed by atoms with Gasteiger partial charge in [-0.15, -0.1) is 0 Å². The number of carbonyl (C=O) groups excluding carboxylic acids is 2. The minimum absolute atomic E-state index is 0.116. The summed E-state index contributed by atoms with van der Waals surface area (Å²) < 4.78 is 15.8. The van der Waals surface area contributed by atoms with E-state index in [1.54, 1.807) is 42.2 Å². The van der Waals surface area contributed by atoms with Crippen LogP contribution in [0.4, 0.5) is 4.79 Å². The van der Waals surface area contributed by atoms with Gasteiger partial charge in [-0.05, 0) is 17.7 Å². The van der Waals surface area contributed by atoms with Crippen LogP contribution < -0.4 is 9.47 Å². The summed E-state index contributed by atoms with van der Waals surface area (Å²) in [6, 6.07) is 14.6. The third kappa shape index (κ3) is 4.73. The lowest BCUT2D eigenvalue weighted by Gasteiger charge is -2.34. The van der Waals surface area contributed by atoms with E-state index in [1.807, 2.05) is 30.3 Å². The molecule has 1 heterocycles. The van der Waals surface area contributed by atoms with Gasteiger partial charge in [0.05, 0.1) is 14.2 Å². The van der Waals surface area contributed by atoms with Crippen LogP contribution in [0.15, 0.2) is 48.5 Å². The maximum atomic E-state index is 12.8. The van der Waals surface area contributed by atoms with Crippen LogP contribution in [0.2, 0.25) is 0 Å². The highest BCUT2D eigenvalue weighted by molar-refractivity contribution is 5.95. The first-order valence-electron chi connectivity index (χ1n) is 9.08. The van der Waals surface area contributed by atoms with E-state index >= 15 is 0 Å². The van der Waals surface area contributed by atoms with Crippen LogP contribution in [-0.4, -0.2) is 62.2 Å². The van der Waals surface area contributed by atoms with E-state index in [9.17, 15) is 9.59 Å². The van der Waals surface area contributed by atoms with Gasteiger partial charge in [-0.1, -0.05) is 30.3 Å². The molecule has 1 aliphatic rings. The molecular weight excluding hydrogens is 360 g/mol. The van der Waals surface area contributed by atoms with E-state index in [0.717, 1.165) is 5.56 Å². The molecule has 0 radical (unpaired) electrons. The number of piperazine rings is 1. The zero-order chi connectivity index (χ0) is 19.9. The van der Waals surface area contributed by atoms with Crippen LogP contribution in [0.1, 0.15) is 15.9 Å². The van der Waals surface area contributed by atoms with Gasteiger partial charge in [0.15, 0.2) is 0 Å². The summed E-state index contributed by atoms with van der Waals surface area (Å²) >= 11 is 0. The fraction of sp³-hybridized carbons (Fsp3) is 0.333. The monoisotopic (exact) mass is 384 g/mol. The van der Waals surface area contributed by atoms with Crippen LogP contribution in [0, 0.1) is 0 Å². The molecule has 0 N–H and O–H groups in total. The number of carbonyl (C=O) groups is 2. The second kappa shape index (κ2) is 9.12. The second-order valence-electron chi connectivity index (χ2n) is 6.42. The Kier molecular flexibility index (Phi) is 6.37. The third-order valence-corrected chi connectivity index (χ3v) is 4.63. The van der Waals surface area contributed by atoms with E-state index in [0.29, 0.717) is 43.2 Å². The molecule has 28 heavy (non-hydrogen) atoms. The molecule has 0 aromatic heterocycles. The molecule has 7 nitrogen and oxygen atoms in total. The molecule has 0 atom stereocenters. The number of hydrogen-bond acceptors (Lipinski definition) is 5. The molecule has 0 saturated carbocycles. The molecule has 7 heteroatoms. The van der Waals surface area contributed by atoms with Crippen molar-refractivity contribution in [3.63, 3.8) is 0 Å². The van der Waals surface area contributed by atoms with Gasteiger partial charge in [-0.2, -0.15) is 0 Å². The van der Waals surface area contributed by atoms with Gasteiger partial charge in [0, 0.05) is 37.8 Å². The predicted molar refractivity (Wildman–Crippen MR) is 104 cm³/mol. The van der Waals surface area contributed by atoms with E-state index in [1.165, 1.54) is 0 Å². The molecule has 0 aliphatic carbocycles. The molecule has 3 rings (SSSR count). The molecule has 1 aliphatic heterocycles. The predicted octanol–water partition coefficient (Wildman–Crippen LogP) is 2.80. The second-order valence-corrected chi connectivity index (χ2v) is 6.42. The topological polar surface area (TPSA) is 68.3 Å². The Balaban J connectivity index is 1.54. The number of benzene rings is 2. The van der Waals surface area contributed by atoms with E-state index < -0.39 is 0 Å². The molecule has 0 spiro atoms. The first-order valence-corrected chi connectivity index (χ1v) is 9.08. The molecule has 0 unspecified atom stereocenters. The molecule has 148 valence electrons. The number of rotatable bonds is 5. The summed E-state index contributed by atoms with van der Waals surface area (Å²) in [6.45, 7) is 1.99. The number of hydrogen-bond donors (Lipinski definition) is 0. The van der Waals surface area contributed by atoms with E-state index in [2.05, 4.69) is 0 Å². The summed E-state index contributed by atoms with van der Waals surface area (Å²) in [7, 11) is 3.09. The smallest absolute Gasteiger partial charge is 0.410 e. The van der Waals surface area contributed by atoms with Crippen LogP contribution in [0.5, 0.6) is 11.5 Å². The minimum Gasteiger partial charge on any atom is -0.497 e. The van der Waals surface area contributed by atoms with Crippen molar-refractivity contribution < 1.29 is 23.8 Å². The average Bonchev–Trinajstić information content (AvgIpc) is 2.77. The lowest BCUT2D eigenvalue weighted by molar-refractivity contribution is 0.0543. The standard InChI is InChI=1S/C21H24N2O5/c1-26-18-12-17(13-19(14-18)27-2)20(24)22-8-10-23(11-9-22)21(25)28-15-16-6-4-3-5-7-16/h3-7,12-14H,8-11,15H2,1-2H3. The maximum absolute atomic E-state index is 12.8. The number of nitrogens with zero attached hydrogens (tertiary/aromatic N) is 2. The van der Waals surface area contributed by atoms with Crippen LogP contribution in [-0.2, 0) is 11.3 Å².